The van der Waals surface area contributed by atoms with Gasteiger partial charge in [0.2, 0.25) is 0 Å². The van der Waals surface area contributed by atoms with Gasteiger partial charge in [0.25, 0.3) is 0 Å². The molecule has 1 fully saturated rings. The maximum Gasteiger partial charge on any atom is 0.337 e. The van der Waals surface area contributed by atoms with E-state index in [1.54, 1.807) is 12.1 Å². The summed E-state index contributed by atoms with van der Waals surface area (Å²) in [6.45, 7) is 4.56. The normalized spacial score (nSPS) is 26.8. The molecule has 0 spiro atoms. The summed E-state index contributed by atoms with van der Waals surface area (Å²) >= 11 is 0. The van der Waals surface area contributed by atoms with Gasteiger partial charge < -0.3 is 9.67 Å². The molecule has 3 rings (SSSR count). The highest BCUT2D eigenvalue weighted by molar-refractivity contribution is 6.01. The number of fused-ring (bicyclic) bond motifs is 1. The average Bonchev–Trinajstić information content (AvgIpc) is 2.80. The Hall–Kier alpha value is -1.84. The Morgan fingerprint density at radius 3 is 2.60 bits per heavy atom. The van der Waals surface area contributed by atoms with E-state index in [0.717, 1.165) is 23.9 Å². The van der Waals surface area contributed by atoms with Crippen LogP contribution in [0.25, 0.3) is 11.0 Å². The molecule has 1 aliphatic carbocycles. The van der Waals surface area contributed by atoms with Gasteiger partial charge in [-0.2, -0.15) is 0 Å². The third-order valence-corrected chi connectivity index (χ3v) is 4.37. The van der Waals surface area contributed by atoms with Crippen molar-refractivity contribution in [1.82, 2.24) is 9.55 Å². The fourth-order valence-electron chi connectivity index (χ4n) is 3.67. The molecule has 0 amide bonds. The second kappa shape index (κ2) is 4.93. The van der Waals surface area contributed by atoms with E-state index in [9.17, 15) is 9.90 Å². The van der Waals surface area contributed by atoms with Crippen molar-refractivity contribution in [3.63, 3.8) is 0 Å². The van der Waals surface area contributed by atoms with Crippen molar-refractivity contribution in [3.05, 3.63) is 30.1 Å². The van der Waals surface area contributed by atoms with E-state index < -0.39 is 5.97 Å². The van der Waals surface area contributed by atoms with Gasteiger partial charge in [-0.1, -0.05) is 19.9 Å². The number of benzene rings is 1. The molecule has 1 aliphatic rings. The van der Waals surface area contributed by atoms with Crippen molar-refractivity contribution < 1.29 is 9.90 Å². The highest BCUT2D eigenvalue weighted by Gasteiger charge is 2.27. The van der Waals surface area contributed by atoms with E-state index in [0.29, 0.717) is 23.4 Å². The SMILES string of the molecule is CC1CC(C)CC(n2cnc3cccc(C(=O)O)c32)C1. The molecule has 0 bridgehead atoms. The molecule has 1 saturated carbocycles. The lowest BCUT2D eigenvalue weighted by atomic mass is 9.80. The van der Waals surface area contributed by atoms with Crippen molar-refractivity contribution in [3.8, 4) is 0 Å². The van der Waals surface area contributed by atoms with Gasteiger partial charge in [0.1, 0.15) is 0 Å². The molecule has 0 aliphatic heterocycles. The number of carbonyl (C=O) groups is 1. The topological polar surface area (TPSA) is 55.1 Å². The monoisotopic (exact) mass is 272 g/mol. The van der Waals surface area contributed by atoms with Gasteiger partial charge in [0.15, 0.2) is 0 Å². The highest BCUT2D eigenvalue weighted by Crippen LogP contribution is 2.37. The summed E-state index contributed by atoms with van der Waals surface area (Å²) in [4.78, 5) is 15.8. The number of hydrogen-bond acceptors (Lipinski definition) is 2. The van der Waals surface area contributed by atoms with Gasteiger partial charge in [-0.05, 0) is 43.2 Å². The molecule has 20 heavy (non-hydrogen) atoms. The van der Waals surface area contributed by atoms with Gasteiger partial charge in [-0.15, -0.1) is 0 Å². The number of aromatic nitrogens is 2. The first-order valence-electron chi connectivity index (χ1n) is 7.25. The van der Waals surface area contributed by atoms with Crippen molar-refractivity contribution in [1.29, 1.82) is 0 Å². The van der Waals surface area contributed by atoms with Gasteiger partial charge in [-0.25, -0.2) is 9.78 Å². The van der Waals surface area contributed by atoms with E-state index in [-0.39, 0.29) is 0 Å². The largest absolute Gasteiger partial charge is 0.478 e. The van der Waals surface area contributed by atoms with Crippen molar-refractivity contribution >= 4 is 17.0 Å². The molecular weight excluding hydrogens is 252 g/mol. The Balaban J connectivity index is 2.09. The second-order valence-electron chi connectivity index (χ2n) is 6.20. The van der Waals surface area contributed by atoms with Crippen molar-refractivity contribution in [2.24, 2.45) is 11.8 Å². The van der Waals surface area contributed by atoms with Crippen LogP contribution in [0.5, 0.6) is 0 Å². The predicted octanol–water partition coefficient (Wildman–Crippen LogP) is 3.73. The molecule has 1 aromatic carbocycles. The number of imidazole rings is 1. The fourth-order valence-corrected chi connectivity index (χ4v) is 3.67. The lowest BCUT2D eigenvalue weighted by molar-refractivity contribution is 0.0698. The molecule has 1 N–H and O–H groups in total. The number of aromatic carboxylic acids is 1. The molecule has 2 atom stereocenters. The molecule has 106 valence electrons. The minimum atomic E-state index is -0.880. The number of rotatable bonds is 2. The van der Waals surface area contributed by atoms with E-state index in [1.807, 2.05) is 12.4 Å². The summed E-state index contributed by atoms with van der Waals surface area (Å²) in [6, 6.07) is 5.67. The van der Waals surface area contributed by atoms with Gasteiger partial charge in [0, 0.05) is 6.04 Å². The third-order valence-electron chi connectivity index (χ3n) is 4.37. The zero-order valence-electron chi connectivity index (χ0n) is 11.9. The van der Waals surface area contributed by atoms with Crippen LogP contribution < -0.4 is 0 Å². The predicted molar refractivity (Wildman–Crippen MR) is 77.9 cm³/mol. The van der Waals surface area contributed by atoms with Gasteiger partial charge in [0.05, 0.1) is 22.9 Å². The lowest BCUT2D eigenvalue weighted by Crippen LogP contribution is -2.22. The fraction of sp³-hybridized carbons (Fsp3) is 0.500. The van der Waals surface area contributed by atoms with E-state index >= 15 is 0 Å². The number of hydrogen-bond donors (Lipinski definition) is 1. The third kappa shape index (κ3) is 2.19. The van der Waals surface area contributed by atoms with Crippen LogP contribution in [0.1, 0.15) is 49.5 Å². The molecule has 2 unspecified atom stereocenters. The van der Waals surface area contributed by atoms with Crippen LogP contribution in [-0.2, 0) is 0 Å². The Kier molecular flexibility index (Phi) is 3.24. The Labute approximate surface area is 118 Å². The second-order valence-corrected chi connectivity index (χ2v) is 6.20. The van der Waals surface area contributed by atoms with Crippen LogP contribution >= 0.6 is 0 Å². The molecule has 4 nitrogen and oxygen atoms in total. The summed E-state index contributed by atoms with van der Waals surface area (Å²) in [5, 5.41) is 9.39. The average molecular weight is 272 g/mol. The highest BCUT2D eigenvalue weighted by atomic mass is 16.4. The molecule has 0 radical (unpaired) electrons. The van der Waals surface area contributed by atoms with E-state index in [4.69, 9.17) is 0 Å². The lowest BCUT2D eigenvalue weighted by Gasteiger charge is -2.32. The summed E-state index contributed by atoms with van der Waals surface area (Å²) in [5.41, 5.74) is 1.90. The first-order valence-corrected chi connectivity index (χ1v) is 7.25. The Bertz CT molecular complexity index is 637. The van der Waals surface area contributed by atoms with Crippen molar-refractivity contribution in [2.45, 2.75) is 39.2 Å². The molecule has 1 heterocycles. The van der Waals surface area contributed by atoms with Gasteiger partial charge in [-0.3, -0.25) is 0 Å². The van der Waals surface area contributed by atoms with Gasteiger partial charge >= 0.3 is 5.97 Å². The number of nitrogens with zero attached hydrogens (tertiary/aromatic N) is 2. The summed E-state index contributed by atoms with van der Waals surface area (Å²) in [6.07, 6.45) is 5.27. The number of para-hydroxylation sites is 1. The van der Waals surface area contributed by atoms with E-state index in [1.165, 1.54) is 6.42 Å². The van der Waals surface area contributed by atoms with Crippen LogP contribution in [0.4, 0.5) is 0 Å². The molecular formula is C16H20N2O2. The van der Waals surface area contributed by atoms with Crippen LogP contribution in [0, 0.1) is 11.8 Å². The Morgan fingerprint density at radius 1 is 1.25 bits per heavy atom. The Morgan fingerprint density at radius 2 is 1.95 bits per heavy atom. The molecule has 4 heteroatoms. The minimum absolute atomic E-state index is 0.353. The summed E-state index contributed by atoms with van der Waals surface area (Å²) < 4.78 is 2.09. The first kappa shape index (κ1) is 13.2. The maximum absolute atomic E-state index is 11.4. The zero-order valence-corrected chi connectivity index (χ0v) is 11.9. The maximum atomic E-state index is 11.4. The van der Waals surface area contributed by atoms with Crippen LogP contribution in [0.3, 0.4) is 0 Å². The smallest absolute Gasteiger partial charge is 0.337 e. The van der Waals surface area contributed by atoms with Crippen LogP contribution in [-0.4, -0.2) is 20.6 Å². The zero-order chi connectivity index (χ0) is 14.3. The first-order chi connectivity index (χ1) is 9.56. The summed E-state index contributed by atoms with van der Waals surface area (Å²) in [5.74, 6) is 0.477. The standard InChI is InChI=1S/C16H20N2O2/c1-10-6-11(2)8-12(7-10)18-9-17-14-5-3-4-13(15(14)18)16(19)20/h3-5,9-12H,6-8H2,1-2H3,(H,19,20). The molecule has 0 saturated heterocycles. The number of carboxylic acids is 1. The van der Waals surface area contributed by atoms with Crippen LogP contribution in [0.2, 0.25) is 0 Å². The molecule has 1 aromatic heterocycles. The van der Waals surface area contributed by atoms with Crippen LogP contribution in [0.15, 0.2) is 24.5 Å². The van der Waals surface area contributed by atoms with Crippen molar-refractivity contribution in [2.75, 3.05) is 0 Å². The number of carboxylic acid groups (broad SMARTS) is 1. The van der Waals surface area contributed by atoms with E-state index in [2.05, 4.69) is 23.4 Å². The minimum Gasteiger partial charge on any atom is -0.478 e. The summed E-state index contributed by atoms with van der Waals surface area (Å²) in [7, 11) is 0. The quantitative estimate of drug-likeness (QED) is 0.906. The molecule has 2 aromatic rings.